The normalized spacial score (nSPS) is 16.4. The fourth-order valence-electron chi connectivity index (χ4n) is 0.785. The van der Waals surface area contributed by atoms with Crippen molar-refractivity contribution in [3.8, 4) is 0 Å². The Kier molecular flexibility index (Phi) is 8.23. The van der Waals surface area contributed by atoms with E-state index < -0.39 is 20.8 Å². The number of methoxy groups -OCH3 is 2. The Bertz CT molecular complexity index is 140. The first-order valence-electron chi connectivity index (χ1n) is 4.54. The lowest BCUT2D eigenvalue weighted by molar-refractivity contribution is -0.0905. The van der Waals surface area contributed by atoms with Crippen LogP contribution >= 0.6 is 8.25 Å². The van der Waals surface area contributed by atoms with Crippen LogP contribution in [0.5, 0.6) is 0 Å². The van der Waals surface area contributed by atoms with E-state index in [1.165, 1.54) is 14.2 Å². The van der Waals surface area contributed by atoms with Crippen LogP contribution in [-0.2, 0) is 23.1 Å². The predicted octanol–water partition coefficient (Wildman–Crippen LogP) is 2.44. The zero-order valence-electron chi connectivity index (χ0n) is 9.06. The van der Waals surface area contributed by atoms with E-state index >= 15 is 0 Å². The SMILES string of the molecule is CCC(OC)O[P+](=O)OC(CC)OC. The van der Waals surface area contributed by atoms with Gasteiger partial charge in [-0.05, 0) is 0 Å². The van der Waals surface area contributed by atoms with Crippen LogP contribution in [0.4, 0.5) is 0 Å². The van der Waals surface area contributed by atoms with Gasteiger partial charge in [0.1, 0.15) is 0 Å². The molecule has 2 atom stereocenters. The first-order chi connectivity index (χ1) is 6.67. The third-order valence-electron chi connectivity index (χ3n) is 1.60. The number of rotatable bonds is 8. The standard InChI is InChI=1S/C8H18O5P/c1-5-7(10-3)12-14(9)13-8(6-2)11-4/h7-8H,5-6H2,1-4H3/q+1. The summed E-state index contributed by atoms with van der Waals surface area (Å²) in [4.78, 5) is 0. The quantitative estimate of drug-likeness (QED) is 0.469. The molecule has 0 spiro atoms. The molecular formula is C8H18O5P+. The van der Waals surface area contributed by atoms with Crippen LogP contribution in [0.3, 0.4) is 0 Å². The molecule has 0 N–H and O–H groups in total. The minimum Gasteiger partial charge on any atom is -0.352 e. The summed E-state index contributed by atoms with van der Waals surface area (Å²) in [6.45, 7) is 3.73. The van der Waals surface area contributed by atoms with Gasteiger partial charge < -0.3 is 9.47 Å². The molecule has 2 unspecified atom stereocenters. The van der Waals surface area contributed by atoms with E-state index in [0.717, 1.165) is 0 Å². The molecule has 0 aliphatic carbocycles. The predicted molar refractivity (Wildman–Crippen MR) is 52.0 cm³/mol. The molecule has 6 heteroatoms. The smallest absolute Gasteiger partial charge is 0.352 e. The highest BCUT2D eigenvalue weighted by Gasteiger charge is 2.30. The summed E-state index contributed by atoms with van der Waals surface area (Å²) < 4.78 is 31.0. The summed E-state index contributed by atoms with van der Waals surface area (Å²) in [7, 11) is 0.799. The molecule has 0 saturated carbocycles. The van der Waals surface area contributed by atoms with Crippen LogP contribution in [0.15, 0.2) is 0 Å². The van der Waals surface area contributed by atoms with Crippen LogP contribution in [0.25, 0.3) is 0 Å². The van der Waals surface area contributed by atoms with Crippen LogP contribution in [0, 0.1) is 0 Å². The van der Waals surface area contributed by atoms with Crippen molar-refractivity contribution in [2.75, 3.05) is 14.2 Å². The Morgan fingerprint density at radius 3 is 1.57 bits per heavy atom. The molecule has 0 fully saturated rings. The average Bonchev–Trinajstić information content (AvgIpc) is 2.22. The fourth-order valence-corrected chi connectivity index (χ4v) is 1.69. The minimum absolute atomic E-state index is 0.493. The lowest BCUT2D eigenvalue weighted by Crippen LogP contribution is -2.14. The Balaban J connectivity index is 3.83. The Morgan fingerprint density at radius 2 is 1.36 bits per heavy atom. The molecule has 84 valence electrons. The Morgan fingerprint density at radius 1 is 1.00 bits per heavy atom. The fraction of sp³-hybridized carbons (Fsp3) is 1.00. The summed E-state index contributed by atoms with van der Waals surface area (Å²) in [6.07, 6.45) is 0.246. The number of hydrogen-bond acceptors (Lipinski definition) is 5. The van der Waals surface area contributed by atoms with Gasteiger partial charge in [-0.25, -0.2) is 0 Å². The summed E-state index contributed by atoms with van der Waals surface area (Å²) in [5.74, 6) is 0. The molecule has 0 radical (unpaired) electrons. The lowest BCUT2D eigenvalue weighted by atomic mass is 10.5. The third-order valence-corrected chi connectivity index (χ3v) is 2.41. The highest BCUT2D eigenvalue weighted by molar-refractivity contribution is 7.33. The number of ether oxygens (including phenoxy) is 2. The van der Waals surface area contributed by atoms with E-state index in [9.17, 15) is 4.57 Å². The Labute approximate surface area is 85.6 Å². The molecule has 0 bridgehead atoms. The van der Waals surface area contributed by atoms with Gasteiger partial charge >= 0.3 is 8.25 Å². The largest absolute Gasteiger partial charge is 0.702 e. The minimum atomic E-state index is -2.18. The second kappa shape index (κ2) is 8.26. The van der Waals surface area contributed by atoms with Crippen LogP contribution < -0.4 is 0 Å². The van der Waals surface area contributed by atoms with Gasteiger partial charge in [0, 0.05) is 31.6 Å². The van der Waals surface area contributed by atoms with Crippen molar-refractivity contribution in [2.24, 2.45) is 0 Å². The van der Waals surface area contributed by atoms with Crippen LogP contribution in [-0.4, -0.2) is 26.8 Å². The van der Waals surface area contributed by atoms with Crippen LogP contribution in [0.1, 0.15) is 26.7 Å². The highest BCUT2D eigenvalue weighted by Crippen LogP contribution is 2.30. The van der Waals surface area contributed by atoms with Crippen molar-refractivity contribution >= 4 is 8.25 Å². The van der Waals surface area contributed by atoms with Crippen molar-refractivity contribution in [3.63, 3.8) is 0 Å². The van der Waals surface area contributed by atoms with Crippen molar-refractivity contribution in [1.29, 1.82) is 0 Å². The average molecular weight is 225 g/mol. The Hall–Kier alpha value is -0.0600. The zero-order valence-corrected chi connectivity index (χ0v) is 9.95. The van der Waals surface area contributed by atoms with Crippen molar-refractivity contribution in [1.82, 2.24) is 0 Å². The second-order valence-electron chi connectivity index (χ2n) is 2.58. The molecule has 0 aliphatic heterocycles. The third kappa shape index (κ3) is 5.62. The van der Waals surface area contributed by atoms with Crippen molar-refractivity contribution in [2.45, 2.75) is 39.3 Å². The van der Waals surface area contributed by atoms with E-state index in [2.05, 4.69) is 0 Å². The molecule has 0 aromatic heterocycles. The zero-order chi connectivity index (χ0) is 11.0. The van der Waals surface area contributed by atoms with Gasteiger partial charge in [-0.3, -0.25) is 0 Å². The van der Waals surface area contributed by atoms with Gasteiger partial charge in [0.05, 0.1) is 0 Å². The van der Waals surface area contributed by atoms with E-state index in [-0.39, 0.29) is 0 Å². The van der Waals surface area contributed by atoms with E-state index in [4.69, 9.17) is 18.5 Å². The highest BCUT2D eigenvalue weighted by atomic mass is 31.1. The molecule has 0 amide bonds. The maximum Gasteiger partial charge on any atom is 0.702 e. The van der Waals surface area contributed by atoms with E-state index in [1.807, 2.05) is 13.8 Å². The first-order valence-corrected chi connectivity index (χ1v) is 5.63. The van der Waals surface area contributed by atoms with Gasteiger partial charge in [0.2, 0.25) is 12.6 Å². The summed E-state index contributed by atoms with van der Waals surface area (Å²) >= 11 is 0. The monoisotopic (exact) mass is 225 g/mol. The van der Waals surface area contributed by atoms with Crippen LogP contribution in [0.2, 0.25) is 0 Å². The maximum absolute atomic E-state index is 11.2. The summed E-state index contributed by atoms with van der Waals surface area (Å²) in [6, 6.07) is 0. The molecule has 0 aromatic rings. The second-order valence-corrected chi connectivity index (χ2v) is 3.45. The van der Waals surface area contributed by atoms with Gasteiger partial charge in [0.15, 0.2) is 0 Å². The van der Waals surface area contributed by atoms with Crippen molar-refractivity contribution < 1.29 is 23.1 Å². The first kappa shape index (κ1) is 13.9. The van der Waals surface area contributed by atoms with Gasteiger partial charge in [-0.15, -0.1) is 0 Å². The maximum atomic E-state index is 11.2. The van der Waals surface area contributed by atoms with Gasteiger partial charge in [-0.1, -0.05) is 22.9 Å². The van der Waals surface area contributed by atoms with Gasteiger partial charge in [-0.2, -0.15) is 0 Å². The van der Waals surface area contributed by atoms with E-state index in [1.54, 1.807) is 0 Å². The molecular weight excluding hydrogens is 207 g/mol. The molecule has 0 heterocycles. The summed E-state index contributed by atoms with van der Waals surface area (Å²) in [5.41, 5.74) is 0. The summed E-state index contributed by atoms with van der Waals surface area (Å²) in [5, 5.41) is 0. The molecule has 0 aromatic carbocycles. The number of hydrogen-bond donors (Lipinski definition) is 0. The van der Waals surface area contributed by atoms with E-state index in [0.29, 0.717) is 12.8 Å². The lowest BCUT2D eigenvalue weighted by Gasteiger charge is -2.07. The molecule has 5 nitrogen and oxygen atoms in total. The molecule has 0 aliphatic rings. The van der Waals surface area contributed by atoms with Crippen molar-refractivity contribution in [3.05, 3.63) is 0 Å². The molecule has 14 heavy (non-hydrogen) atoms. The molecule has 0 saturated heterocycles. The molecule has 0 rings (SSSR count). The topological polar surface area (TPSA) is 54.0 Å². The van der Waals surface area contributed by atoms with Gasteiger partial charge in [0.25, 0.3) is 0 Å².